The number of esters is 1. The number of ether oxygens (including phenoxy) is 2. The molecule has 0 atom stereocenters. The van der Waals surface area contributed by atoms with E-state index in [1.54, 1.807) is 26.4 Å². The second-order valence-electron chi connectivity index (χ2n) is 9.11. The van der Waals surface area contributed by atoms with E-state index in [0.29, 0.717) is 24.0 Å². The van der Waals surface area contributed by atoms with Crippen molar-refractivity contribution < 1.29 is 14.3 Å². The lowest BCUT2D eigenvalue weighted by molar-refractivity contribution is 0.0525. The fourth-order valence-corrected chi connectivity index (χ4v) is 4.77. The molecule has 188 valence electrons. The number of hydrogen-bond acceptors (Lipinski definition) is 7. The Morgan fingerprint density at radius 2 is 1.94 bits per heavy atom. The number of benzene rings is 1. The molecule has 1 aromatic carbocycles. The Labute approximate surface area is 207 Å². The molecular weight excluding hydrogens is 442 g/mol. The first-order valence-electron chi connectivity index (χ1n) is 12.7. The molecule has 0 amide bonds. The number of rotatable bonds is 11. The van der Waals surface area contributed by atoms with Gasteiger partial charge in [-0.15, -0.1) is 0 Å². The van der Waals surface area contributed by atoms with Gasteiger partial charge in [-0.25, -0.2) is 14.8 Å². The zero-order valence-corrected chi connectivity index (χ0v) is 21.1. The van der Waals surface area contributed by atoms with E-state index < -0.39 is 0 Å². The standard InChI is InChI=1S/C27H37N5O3/c1-4-12-32-19-21(24-7-6-23(34-3)15-25(24)32)8-11-28-16-20-9-13-31(14-10-20)27-29-17-22(18-30-27)26(33)35-5-2/h6-7,15,17-20,28H,4-5,8-14,16H2,1-3H3. The number of anilines is 1. The maximum Gasteiger partial charge on any atom is 0.341 e. The third-order valence-electron chi connectivity index (χ3n) is 6.69. The number of aryl methyl sites for hydroxylation is 1. The van der Waals surface area contributed by atoms with Crippen LogP contribution in [-0.2, 0) is 17.7 Å². The molecule has 0 unspecified atom stereocenters. The molecule has 0 bridgehead atoms. The summed E-state index contributed by atoms with van der Waals surface area (Å²) in [5.41, 5.74) is 3.04. The first kappa shape index (κ1) is 25.0. The van der Waals surface area contributed by atoms with Crippen LogP contribution >= 0.6 is 0 Å². The Hall–Kier alpha value is -3.13. The summed E-state index contributed by atoms with van der Waals surface area (Å²) >= 11 is 0. The van der Waals surface area contributed by atoms with Gasteiger partial charge >= 0.3 is 5.97 Å². The van der Waals surface area contributed by atoms with E-state index in [1.165, 1.54) is 16.5 Å². The number of hydrogen-bond donors (Lipinski definition) is 1. The van der Waals surface area contributed by atoms with E-state index in [9.17, 15) is 4.79 Å². The Kier molecular flexibility index (Phi) is 8.58. The minimum absolute atomic E-state index is 0.347. The van der Waals surface area contributed by atoms with E-state index in [-0.39, 0.29) is 5.97 Å². The van der Waals surface area contributed by atoms with Crippen LogP contribution in [0.2, 0.25) is 0 Å². The molecule has 3 heterocycles. The predicted octanol–water partition coefficient (Wildman–Crippen LogP) is 4.08. The van der Waals surface area contributed by atoms with Crippen LogP contribution < -0.4 is 15.0 Å². The third-order valence-corrected chi connectivity index (χ3v) is 6.69. The van der Waals surface area contributed by atoms with Gasteiger partial charge in [-0.05, 0) is 69.3 Å². The number of piperidine rings is 1. The van der Waals surface area contributed by atoms with Gasteiger partial charge in [0, 0.05) is 49.7 Å². The molecule has 0 saturated carbocycles. The summed E-state index contributed by atoms with van der Waals surface area (Å²) in [6, 6.07) is 6.38. The highest BCUT2D eigenvalue weighted by Gasteiger charge is 2.21. The second-order valence-corrected chi connectivity index (χ2v) is 9.11. The monoisotopic (exact) mass is 479 g/mol. The lowest BCUT2D eigenvalue weighted by Gasteiger charge is -2.32. The van der Waals surface area contributed by atoms with Gasteiger partial charge in [0.15, 0.2) is 0 Å². The van der Waals surface area contributed by atoms with Gasteiger partial charge in [0.2, 0.25) is 5.95 Å². The number of methoxy groups -OCH3 is 1. The number of nitrogens with one attached hydrogen (secondary N) is 1. The van der Waals surface area contributed by atoms with E-state index in [1.807, 2.05) is 0 Å². The maximum atomic E-state index is 11.8. The number of fused-ring (bicyclic) bond motifs is 1. The van der Waals surface area contributed by atoms with Crippen molar-refractivity contribution in [2.24, 2.45) is 5.92 Å². The molecule has 1 aliphatic heterocycles. The molecule has 2 aromatic heterocycles. The minimum atomic E-state index is -0.376. The largest absolute Gasteiger partial charge is 0.497 e. The molecule has 4 rings (SSSR count). The molecule has 1 fully saturated rings. The van der Waals surface area contributed by atoms with Crippen molar-refractivity contribution in [1.82, 2.24) is 19.9 Å². The summed E-state index contributed by atoms with van der Waals surface area (Å²) < 4.78 is 12.8. The molecule has 0 aliphatic carbocycles. The normalized spacial score (nSPS) is 14.4. The smallest absolute Gasteiger partial charge is 0.341 e. The SMILES string of the molecule is CCCn1cc(CCNCC2CCN(c3ncc(C(=O)OCC)cn3)CC2)c2ccc(OC)cc21. The van der Waals surface area contributed by atoms with Crippen LogP contribution in [0.3, 0.4) is 0 Å². The van der Waals surface area contributed by atoms with Gasteiger partial charge in [0.1, 0.15) is 5.75 Å². The van der Waals surface area contributed by atoms with E-state index in [0.717, 1.165) is 64.2 Å². The van der Waals surface area contributed by atoms with Crippen molar-refractivity contribution in [1.29, 1.82) is 0 Å². The second kappa shape index (κ2) is 12.0. The number of carbonyl (C=O) groups is 1. The molecule has 1 N–H and O–H groups in total. The lowest BCUT2D eigenvalue weighted by atomic mass is 9.97. The lowest BCUT2D eigenvalue weighted by Crippen LogP contribution is -2.38. The van der Waals surface area contributed by atoms with Crippen LogP contribution in [0.1, 0.15) is 49.0 Å². The van der Waals surface area contributed by atoms with Gasteiger partial charge in [-0.2, -0.15) is 0 Å². The van der Waals surface area contributed by atoms with E-state index in [4.69, 9.17) is 9.47 Å². The van der Waals surface area contributed by atoms with Crippen molar-refractivity contribution in [2.45, 2.75) is 46.1 Å². The Balaban J connectivity index is 1.24. The Morgan fingerprint density at radius 3 is 2.63 bits per heavy atom. The molecule has 1 saturated heterocycles. The number of aromatic nitrogens is 3. The van der Waals surface area contributed by atoms with Crippen LogP contribution in [0.15, 0.2) is 36.8 Å². The maximum absolute atomic E-state index is 11.8. The zero-order chi connectivity index (χ0) is 24.6. The summed E-state index contributed by atoms with van der Waals surface area (Å²) in [7, 11) is 1.72. The minimum Gasteiger partial charge on any atom is -0.497 e. The van der Waals surface area contributed by atoms with Gasteiger partial charge < -0.3 is 24.3 Å². The van der Waals surface area contributed by atoms with Crippen LogP contribution in [0.25, 0.3) is 10.9 Å². The summed E-state index contributed by atoms with van der Waals surface area (Å²) in [5.74, 6) is 1.86. The third kappa shape index (κ3) is 6.11. The van der Waals surface area contributed by atoms with Gasteiger partial charge in [-0.3, -0.25) is 0 Å². The summed E-state index contributed by atoms with van der Waals surface area (Å²) in [6.07, 6.45) is 9.75. The van der Waals surface area contributed by atoms with Gasteiger partial charge in [0.05, 0.1) is 24.8 Å². The average Bonchev–Trinajstić information content (AvgIpc) is 3.24. The highest BCUT2D eigenvalue weighted by Crippen LogP contribution is 2.27. The van der Waals surface area contributed by atoms with E-state index >= 15 is 0 Å². The topological polar surface area (TPSA) is 81.5 Å². The first-order valence-corrected chi connectivity index (χ1v) is 12.7. The van der Waals surface area contributed by atoms with Gasteiger partial charge in [-0.1, -0.05) is 6.92 Å². The van der Waals surface area contributed by atoms with Crippen molar-refractivity contribution in [3.05, 3.63) is 47.9 Å². The average molecular weight is 480 g/mol. The number of carbonyl (C=O) groups excluding carboxylic acids is 1. The van der Waals surface area contributed by atoms with Crippen LogP contribution in [0.5, 0.6) is 5.75 Å². The molecule has 0 spiro atoms. The highest BCUT2D eigenvalue weighted by molar-refractivity contribution is 5.88. The molecule has 0 radical (unpaired) electrons. The highest BCUT2D eigenvalue weighted by atomic mass is 16.5. The van der Waals surface area contributed by atoms with Crippen molar-refractivity contribution >= 4 is 22.8 Å². The molecule has 8 heteroatoms. The zero-order valence-electron chi connectivity index (χ0n) is 21.1. The molecular formula is C27H37N5O3. The van der Waals surface area contributed by atoms with E-state index in [2.05, 4.69) is 56.1 Å². The predicted molar refractivity (Wildman–Crippen MR) is 138 cm³/mol. The Bertz CT molecular complexity index is 1100. The van der Waals surface area contributed by atoms with Crippen LogP contribution in [0, 0.1) is 5.92 Å². The summed E-state index contributed by atoms with van der Waals surface area (Å²) in [5, 5.41) is 5.01. The molecule has 3 aromatic rings. The Morgan fingerprint density at radius 1 is 1.17 bits per heavy atom. The van der Waals surface area contributed by atoms with Crippen molar-refractivity contribution in [3.63, 3.8) is 0 Å². The van der Waals surface area contributed by atoms with Crippen LogP contribution in [-0.4, -0.2) is 60.4 Å². The molecule has 1 aliphatic rings. The fraction of sp³-hybridized carbons (Fsp3) is 0.519. The van der Waals surface area contributed by atoms with Gasteiger partial charge in [0.25, 0.3) is 0 Å². The first-order chi connectivity index (χ1) is 17.1. The van der Waals surface area contributed by atoms with Crippen molar-refractivity contribution in [2.75, 3.05) is 44.8 Å². The molecule has 35 heavy (non-hydrogen) atoms. The quantitative estimate of drug-likeness (QED) is 0.328. The van der Waals surface area contributed by atoms with Crippen LogP contribution in [0.4, 0.5) is 5.95 Å². The fourth-order valence-electron chi connectivity index (χ4n) is 4.77. The summed E-state index contributed by atoms with van der Waals surface area (Å²) in [4.78, 5) is 22.7. The summed E-state index contributed by atoms with van der Waals surface area (Å²) in [6.45, 7) is 9.21. The molecule has 8 nitrogen and oxygen atoms in total. The number of nitrogens with zero attached hydrogens (tertiary/aromatic N) is 4. The van der Waals surface area contributed by atoms with Crippen molar-refractivity contribution in [3.8, 4) is 5.75 Å².